The predicted octanol–water partition coefficient (Wildman–Crippen LogP) is 2.54. The van der Waals surface area contributed by atoms with Crippen LogP contribution in [0.4, 0.5) is 10.2 Å². The van der Waals surface area contributed by atoms with Crippen molar-refractivity contribution in [2.24, 2.45) is 0 Å². The maximum absolute atomic E-state index is 13.5. The Hall–Kier alpha value is -1.97. The molecule has 1 heterocycles. The molecule has 82 valence electrons. The van der Waals surface area contributed by atoms with E-state index >= 15 is 0 Å². The normalized spacial score (nSPS) is 10.1. The van der Waals surface area contributed by atoms with E-state index in [0.29, 0.717) is 17.9 Å². The fourth-order valence-corrected chi connectivity index (χ4v) is 1.47. The molecule has 0 fully saturated rings. The fourth-order valence-electron chi connectivity index (χ4n) is 1.47. The summed E-state index contributed by atoms with van der Waals surface area (Å²) in [7, 11) is 0. The average Bonchev–Trinajstić information content (AvgIpc) is 2.30. The van der Waals surface area contributed by atoms with Gasteiger partial charge in [0.1, 0.15) is 11.6 Å². The van der Waals surface area contributed by atoms with Crippen molar-refractivity contribution < 1.29 is 4.39 Å². The minimum absolute atomic E-state index is 0.198. The topological polar surface area (TPSA) is 37.8 Å². The highest BCUT2D eigenvalue weighted by molar-refractivity contribution is 5.36. The SMILES string of the molecule is Cc1cccc(F)c1CNc1cccnn1. The van der Waals surface area contributed by atoms with Crippen molar-refractivity contribution in [3.63, 3.8) is 0 Å². The molecule has 4 heteroatoms. The summed E-state index contributed by atoms with van der Waals surface area (Å²) in [6.07, 6.45) is 1.60. The largest absolute Gasteiger partial charge is 0.364 e. The first-order valence-electron chi connectivity index (χ1n) is 5.03. The molecule has 0 aliphatic carbocycles. The van der Waals surface area contributed by atoms with Crippen LogP contribution in [0.5, 0.6) is 0 Å². The van der Waals surface area contributed by atoms with Crippen molar-refractivity contribution in [3.8, 4) is 0 Å². The lowest BCUT2D eigenvalue weighted by Gasteiger charge is -2.08. The van der Waals surface area contributed by atoms with Gasteiger partial charge in [0.25, 0.3) is 0 Å². The van der Waals surface area contributed by atoms with E-state index < -0.39 is 0 Å². The Kier molecular flexibility index (Phi) is 3.10. The number of hydrogen-bond donors (Lipinski definition) is 1. The molecule has 16 heavy (non-hydrogen) atoms. The Labute approximate surface area is 93.3 Å². The average molecular weight is 217 g/mol. The molecule has 0 bridgehead atoms. The zero-order valence-electron chi connectivity index (χ0n) is 8.94. The first kappa shape index (κ1) is 10.5. The molecule has 0 saturated carbocycles. The first-order valence-corrected chi connectivity index (χ1v) is 5.03. The van der Waals surface area contributed by atoms with Crippen molar-refractivity contribution in [3.05, 3.63) is 53.5 Å². The third-order valence-corrected chi connectivity index (χ3v) is 2.37. The smallest absolute Gasteiger partial charge is 0.148 e. The molecule has 0 spiro atoms. The summed E-state index contributed by atoms with van der Waals surface area (Å²) in [6, 6.07) is 8.63. The second-order valence-corrected chi connectivity index (χ2v) is 3.50. The monoisotopic (exact) mass is 217 g/mol. The molecule has 0 aliphatic rings. The van der Waals surface area contributed by atoms with Crippen LogP contribution in [-0.4, -0.2) is 10.2 Å². The van der Waals surface area contributed by atoms with Crippen LogP contribution >= 0.6 is 0 Å². The van der Waals surface area contributed by atoms with Crippen LogP contribution in [0.25, 0.3) is 0 Å². The van der Waals surface area contributed by atoms with Gasteiger partial charge in [-0.25, -0.2) is 4.39 Å². The minimum Gasteiger partial charge on any atom is -0.364 e. The van der Waals surface area contributed by atoms with Gasteiger partial charge in [0.15, 0.2) is 0 Å². The quantitative estimate of drug-likeness (QED) is 0.858. The molecule has 3 nitrogen and oxygen atoms in total. The van der Waals surface area contributed by atoms with Crippen molar-refractivity contribution in [1.82, 2.24) is 10.2 Å². The van der Waals surface area contributed by atoms with Crippen LogP contribution in [0.3, 0.4) is 0 Å². The van der Waals surface area contributed by atoms with Crippen LogP contribution in [0.2, 0.25) is 0 Å². The zero-order chi connectivity index (χ0) is 11.4. The van der Waals surface area contributed by atoms with Crippen molar-refractivity contribution in [2.75, 3.05) is 5.32 Å². The van der Waals surface area contributed by atoms with E-state index in [1.807, 2.05) is 13.0 Å². The number of benzene rings is 1. The molecule has 0 aliphatic heterocycles. The lowest BCUT2D eigenvalue weighted by Crippen LogP contribution is -2.05. The van der Waals surface area contributed by atoms with Crippen LogP contribution in [-0.2, 0) is 6.54 Å². The van der Waals surface area contributed by atoms with E-state index in [0.717, 1.165) is 5.56 Å². The van der Waals surface area contributed by atoms with Gasteiger partial charge in [-0.1, -0.05) is 12.1 Å². The Balaban J connectivity index is 2.11. The third-order valence-electron chi connectivity index (χ3n) is 2.37. The second-order valence-electron chi connectivity index (χ2n) is 3.50. The molecule has 0 amide bonds. The second kappa shape index (κ2) is 4.70. The van der Waals surface area contributed by atoms with Gasteiger partial charge in [-0.3, -0.25) is 0 Å². The summed E-state index contributed by atoms with van der Waals surface area (Å²) in [6.45, 7) is 2.30. The molecule has 0 atom stereocenters. The van der Waals surface area contributed by atoms with Gasteiger partial charge in [-0.15, -0.1) is 5.10 Å². The molecule has 2 aromatic rings. The zero-order valence-corrected chi connectivity index (χ0v) is 8.94. The highest BCUT2D eigenvalue weighted by Gasteiger charge is 2.04. The Bertz CT molecular complexity index is 451. The number of anilines is 1. The molecule has 1 aromatic carbocycles. The highest BCUT2D eigenvalue weighted by atomic mass is 19.1. The van der Waals surface area contributed by atoms with E-state index in [2.05, 4.69) is 15.5 Å². The summed E-state index contributed by atoms with van der Waals surface area (Å²) in [5, 5.41) is 10.6. The lowest BCUT2D eigenvalue weighted by molar-refractivity contribution is 0.611. The van der Waals surface area contributed by atoms with E-state index in [9.17, 15) is 4.39 Å². The van der Waals surface area contributed by atoms with Crippen molar-refractivity contribution in [2.45, 2.75) is 13.5 Å². The van der Waals surface area contributed by atoms with Gasteiger partial charge in [0.2, 0.25) is 0 Å². The number of nitrogens with one attached hydrogen (secondary N) is 1. The Morgan fingerprint density at radius 3 is 2.81 bits per heavy atom. The third kappa shape index (κ3) is 2.34. The molecular weight excluding hydrogens is 205 g/mol. The maximum atomic E-state index is 13.5. The number of rotatable bonds is 3. The van der Waals surface area contributed by atoms with Crippen LogP contribution in [0, 0.1) is 12.7 Å². The predicted molar refractivity (Wildman–Crippen MR) is 60.5 cm³/mol. The molecule has 0 saturated heterocycles. The fraction of sp³-hybridized carbons (Fsp3) is 0.167. The summed E-state index contributed by atoms with van der Waals surface area (Å²) < 4.78 is 13.5. The molecule has 1 aromatic heterocycles. The molecule has 1 N–H and O–H groups in total. The number of nitrogens with zero attached hydrogens (tertiary/aromatic N) is 2. The van der Waals surface area contributed by atoms with Gasteiger partial charge >= 0.3 is 0 Å². The number of aryl methyl sites for hydroxylation is 1. The summed E-state index contributed by atoms with van der Waals surface area (Å²) in [5.74, 6) is 0.446. The first-order chi connectivity index (χ1) is 7.77. The van der Waals surface area contributed by atoms with E-state index in [1.54, 1.807) is 24.4 Å². The van der Waals surface area contributed by atoms with E-state index in [4.69, 9.17) is 0 Å². The maximum Gasteiger partial charge on any atom is 0.148 e. The van der Waals surface area contributed by atoms with E-state index in [1.165, 1.54) is 6.07 Å². The summed E-state index contributed by atoms with van der Waals surface area (Å²) in [4.78, 5) is 0. The van der Waals surface area contributed by atoms with Gasteiger partial charge in [0.05, 0.1) is 0 Å². The molecular formula is C12H12FN3. The summed E-state index contributed by atoms with van der Waals surface area (Å²) in [5.41, 5.74) is 1.59. The molecule has 2 rings (SSSR count). The standard InChI is InChI=1S/C12H12FN3/c1-9-4-2-5-11(13)10(9)8-14-12-6-3-7-15-16-12/h2-7H,8H2,1H3,(H,14,16). The Morgan fingerprint density at radius 1 is 1.25 bits per heavy atom. The van der Waals surface area contributed by atoms with Crippen LogP contribution < -0.4 is 5.32 Å². The van der Waals surface area contributed by atoms with Gasteiger partial charge in [-0.2, -0.15) is 5.10 Å². The Morgan fingerprint density at radius 2 is 2.12 bits per heavy atom. The van der Waals surface area contributed by atoms with Gasteiger partial charge in [-0.05, 0) is 30.7 Å². The van der Waals surface area contributed by atoms with Crippen molar-refractivity contribution >= 4 is 5.82 Å². The van der Waals surface area contributed by atoms with Gasteiger partial charge in [0, 0.05) is 18.3 Å². The number of hydrogen-bond acceptors (Lipinski definition) is 3. The highest BCUT2D eigenvalue weighted by Crippen LogP contribution is 2.13. The van der Waals surface area contributed by atoms with Gasteiger partial charge < -0.3 is 5.32 Å². The van der Waals surface area contributed by atoms with Crippen LogP contribution in [0.15, 0.2) is 36.5 Å². The summed E-state index contributed by atoms with van der Waals surface area (Å²) >= 11 is 0. The van der Waals surface area contributed by atoms with E-state index in [-0.39, 0.29) is 5.82 Å². The van der Waals surface area contributed by atoms with Crippen molar-refractivity contribution in [1.29, 1.82) is 0 Å². The molecule has 0 radical (unpaired) electrons. The minimum atomic E-state index is -0.198. The lowest BCUT2D eigenvalue weighted by atomic mass is 10.1. The molecule has 0 unspecified atom stereocenters. The van der Waals surface area contributed by atoms with Crippen LogP contribution in [0.1, 0.15) is 11.1 Å². The number of halogens is 1. The number of aromatic nitrogens is 2.